The van der Waals surface area contributed by atoms with Gasteiger partial charge in [-0.3, -0.25) is 4.98 Å². The fraction of sp³-hybridized carbons (Fsp3) is 0.125. The molecule has 0 saturated carbocycles. The molecular formula is C8H9ClN2. The van der Waals surface area contributed by atoms with Crippen LogP contribution >= 0.6 is 11.6 Å². The fourth-order valence-corrected chi connectivity index (χ4v) is 1.03. The molecule has 2 N–H and O–H groups in total. The molecule has 1 unspecified atom stereocenters. The van der Waals surface area contributed by atoms with Crippen molar-refractivity contribution in [1.29, 1.82) is 0 Å². The summed E-state index contributed by atoms with van der Waals surface area (Å²) in [5.74, 6) is 0. The van der Waals surface area contributed by atoms with Gasteiger partial charge in [0.1, 0.15) is 0 Å². The van der Waals surface area contributed by atoms with Crippen molar-refractivity contribution in [2.45, 2.75) is 6.04 Å². The molecule has 1 rings (SSSR count). The van der Waals surface area contributed by atoms with Gasteiger partial charge in [0.05, 0.1) is 5.02 Å². The molecule has 0 aliphatic carbocycles. The smallest absolute Gasteiger partial charge is 0.0640 e. The van der Waals surface area contributed by atoms with Crippen molar-refractivity contribution < 1.29 is 0 Å². The zero-order valence-electron chi connectivity index (χ0n) is 6.00. The Morgan fingerprint density at radius 3 is 3.00 bits per heavy atom. The summed E-state index contributed by atoms with van der Waals surface area (Å²) in [6.07, 6.45) is 4.87. The van der Waals surface area contributed by atoms with E-state index in [0.29, 0.717) is 5.02 Å². The first kappa shape index (κ1) is 8.24. The first-order valence-electron chi connectivity index (χ1n) is 3.23. The number of aromatic nitrogens is 1. The lowest BCUT2D eigenvalue weighted by atomic mass is 10.1. The van der Waals surface area contributed by atoms with Crippen molar-refractivity contribution in [2.75, 3.05) is 0 Å². The number of hydrogen-bond acceptors (Lipinski definition) is 2. The van der Waals surface area contributed by atoms with Crippen molar-refractivity contribution in [3.8, 4) is 0 Å². The molecule has 0 amide bonds. The van der Waals surface area contributed by atoms with Crippen LogP contribution in [0.15, 0.2) is 31.1 Å². The van der Waals surface area contributed by atoms with Crippen molar-refractivity contribution >= 4 is 11.6 Å². The van der Waals surface area contributed by atoms with E-state index in [9.17, 15) is 0 Å². The maximum atomic E-state index is 5.81. The maximum Gasteiger partial charge on any atom is 0.0640 e. The number of nitrogens with zero attached hydrogens (tertiary/aromatic N) is 1. The average Bonchev–Trinajstić information content (AvgIpc) is 2.04. The number of hydrogen-bond donors (Lipinski definition) is 1. The normalized spacial score (nSPS) is 12.5. The highest BCUT2D eigenvalue weighted by atomic mass is 35.5. The van der Waals surface area contributed by atoms with Gasteiger partial charge in [0.2, 0.25) is 0 Å². The second-order valence-corrected chi connectivity index (χ2v) is 2.57. The molecule has 0 spiro atoms. The summed E-state index contributed by atoms with van der Waals surface area (Å²) in [4.78, 5) is 3.84. The van der Waals surface area contributed by atoms with Gasteiger partial charge in [0.15, 0.2) is 0 Å². The Labute approximate surface area is 70.7 Å². The highest BCUT2D eigenvalue weighted by Gasteiger charge is 2.04. The van der Waals surface area contributed by atoms with Crippen LogP contribution in [0.5, 0.6) is 0 Å². The highest BCUT2D eigenvalue weighted by molar-refractivity contribution is 6.31. The molecule has 1 heterocycles. The van der Waals surface area contributed by atoms with Crippen molar-refractivity contribution in [3.63, 3.8) is 0 Å². The van der Waals surface area contributed by atoms with E-state index in [4.69, 9.17) is 17.3 Å². The SMILES string of the molecule is C=CC(N)c1ccncc1Cl. The van der Waals surface area contributed by atoms with Gasteiger partial charge in [-0.05, 0) is 11.6 Å². The summed E-state index contributed by atoms with van der Waals surface area (Å²) >= 11 is 5.81. The number of rotatable bonds is 2. The molecule has 1 aromatic rings. The van der Waals surface area contributed by atoms with E-state index in [0.717, 1.165) is 5.56 Å². The van der Waals surface area contributed by atoms with Crippen LogP contribution in [0.1, 0.15) is 11.6 Å². The van der Waals surface area contributed by atoms with Crippen molar-refractivity contribution in [1.82, 2.24) is 4.98 Å². The van der Waals surface area contributed by atoms with E-state index in [1.54, 1.807) is 24.5 Å². The van der Waals surface area contributed by atoms with Gasteiger partial charge in [-0.15, -0.1) is 6.58 Å². The third kappa shape index (κ3) is 1.79. The topological polar surface area (TPSA) is 38.9 Å². The summed E-state index contributed by atoms with van der Waals surface area (Å²) in [6.45, 7) is 3.57. The summed E-state index contributed by atoms with van der Waals surface area (Å²) in [5.41, 5.74) is 6.52. The third-order valence-electron chi connectivity index (χ3n) is 1.42. The second kappa shape index (κ2) is 3.51. The molecule has 0 saturated heterocycles. The molecule has 0 bridgehead atoms. The summed E-state index contributed by atoms with van der Waals surface area (Å²) in [6, 6.07) is 1.58. The van der Waals surface area contributed by atoms with Crippen molar-refractivity contribution in [3.05, 3.63) is 41.7 Å². The fourth-order valence-electron chi connectivity index (χ4n) is 0.783. The first-order valence-corrected chi connectivity index (χ1v) is 3.61. The minimum absolute atomic E-state index is 0.203. The minimum Gasteiger partial charge on any atom is -0.321 e. The van der Waals surface area contributed by atoms with Gasteiger partial charge in [0.25, 0.3) is 0 Å². The number of nitrogens with two attached hydrogens (primary N) is 1. The largest absolute Gasteiger partial charge is 0.321 e. The molecule has 3 heteroatoms. The molecule has 0 aliphatic rings. The Kier molecular flexibility index (Phi) is 2.63. The zero-order chi connectivity index (χ0) is 8.27. The Morgan fingerprint density at radius 2 is 2.45 bits per heavy atom. The zero-order valence-corrected chi connectivity index (χ0v) is 6.75. The van der Waals surface area contributed by atoms with Gasteiger partial charge in [0, 0.05) is 18.4 Å². The third-order valence-corrected chi connectivity index (χ3v) is 1.73. The molecule has 1 aromatic heterocycles. The first-order chi connectivity index (χ1) is 5.25. The number of pyridine rings is 1. The van der Waals surface area contributed by atoms with E-state index in [2.05, 4.69) is 11.6 Å². The molecule has 0 radical (unpaired) electrons. The monoisotopic (exact) mass is 168 g/mol. The molecule has 58 valence electrons. The molecule has 0 fully saturated rings. The Hall–Kier alpha value is -0.860. The quantitative estimate of drug-likeness (QED) is 0.686. The van der Waals surface area contributed by atoms with E-state index < -0.39 is 0 Å². The summed E-state index contributed by atoms with van der Waals surface area (Å²) < 4.78 is 0. The maximum absolute atomic E-state index is 5.81. The summed E-state index contributed by atoms with van der Waals surface area (Å²) in [7, 11) is 0. The van der Waals surface area contributed by atoms with Crippen LogP contribution in [0.2, 0.25) is 5.02 Å². The van der Waals surface area contributed by atoms with Crippen LogP contribution in [0, 0.1) is 0 Å². The lowest BCUT2D eigenvalue weighted by Gasteiger charge is -2.06. The molecule has 11 heavy (non-hydrogen) atoms. The standard InChI is InChI=1S/C8H9ClN2/c1-2-8(10)6-3-4-11-5-7(6)9/h2-5,8H,1,10H2. The van der Waals surface area contributed by atoms with Gasteiger partial charge in [-0.1, -0.05) is 17.7 Å². The lowest BCUT2D eigenvalue weighted by molar-refractivity contribution is 0.910. The van der Waals surface area contributed by atoms with Gasteiger partial charge < -0.3 is 5.73 Å². The van der Waals surface area contributed by atoms with Gasteiger partial charge >= 0.3 is 0 Å². The molecular weight excluding hydrogens is 160 g/mol. The van der Waals surface area contributed by atoms with Crippen LogP contribution in [-0.4, -0.2) is 4.98 Å². The Morgan fingerprint density at radius 1 is 1.73 bits per heavy atom. The van der Waals surface area contributed by atoms with Crippen molar-refractivity contribution in [2.24, 2.45) is 5.73 Å². The van der Waals surface area contributed by atoms with E-state index in [1.165, 1.54) is 0 Å². The molecule has 0 aromatic carbocycles. The van der Waals surface area contributed by atoms with Crippen LogP contribution in [-0.2, 0) is 0 Å². The van der Waals surface area contributed by atoms with Gasteiger partial charge in [-0.2, -0.15) is 0 Å². The van der Waals surface area contributed by atoms with Crippen LogP contribution in [0.25, 0.3) is 0 Å². The Bertz CT molecular complexity index is 260. The minimum atomic E-state index is -0.203. The van der Waals surface area contributed by atoms with Gasteiger partial charge in [-0.25, -0.2) is 0 Å². The lowest BCUT2D eigenvalue weighted by Crippen LogP contribution is -2.06. The highest BCUT2D eigenvalue weighted by Crippen LogP contribution is 2.19. The molecule has 2 nitrogen and oxygen atoms in total. The number of halogens is 1. The molecule has 1 atom stereocenters. The average molecular weight is 169 g/mol. The predicted molar refractivity (Wildman–Crippen MR) is 46.4 cm³/mol. The van der Waals surface area contributed by atoms with E-state index in [1.807, 2.05) is 0 Å². The predicted octanol–water partition coefficient (Wildman–Crippen LogP) is 1.92. The van der Waals surface area contributed by atoms with Crippen LogP contribution in [0.3, 0.4) is 0 Å². The van der Waals surface area contributed by atoms with E-state index >= 15 is 0 Å². The molecule has 0 aliphatic heterocycles. The Balaban J connectivity index is 3.02. The van der Waals surface area contributed by atoms with Crippen LogP contribution in [0.4, 0.5) is 0 Å². The van der Waals surface area contributed by atoms with Crippen LogP contribution < -0.4 is 5.73 Å². The second-order valence-electron chi connectivity index (χ2n) is 2.16. The van der Waals surface area contributed by atoms with E-state index in [-0.39, 0.29) is 6.04 Å². The summed E-state index contributed by atoms with van der Waals surface area (Å²) in [5, 5.41) is 0.583.